The van der Waals surface area contributed by atoms with Gasteiger partial charge in [0.05, 0.1) is 5.69 Å². The monoisotopic (exact) mass is 422 g/mol. The molecule has 1 aromatic rings. The molecule has 0 saturated heterocycles. The number of hydrogen-bond donors (Lipinski definition) is 4. The van der Waals surface area contributed by atoms with Gasteiger partial charge in [0.2, 0.25) is 0 Å². The van der Waals surface area contributed by atoms with Crippen molar-refractivity contribution in [3.8, 4) is 5.75 Å². The van der Waals surface area contributed by atoms with E-state index < -0.39 is 5.91 Å². The number of anilines is 1. The number of unbranched alkanes of at least 4 members (excludes halogenated alkanes) is 2. The zero-order chi connectivity index (χ0) is 21.5. The number of benzene rings is 1. The van der Waals surface area contributed by atoms with E-state index in [-0.39, 0.29) is 0 Å². The van der Waals surface area contributed by atoms with E-state index in [0.717, 1.165) is 56.7 Å². The van der Waals surface area contributed by atoms with E-state index >= 15 is 0 Å². The van der Waals surface area contributed by atoms with Crippen molar-refractivity contribution < 1.29 is 14.7 Å². The van der Waals surface area contributed by atoms with Crippen LogP contribution in [0.1, 0.15) is 45.6 Å². The number of nitrogens with zero attached hydrogens (tertiary/aromatic N) is 1. The topological polar surface area (TPSA) is 85.9 Å². The SMILES string of the molecule is CCCCCNC(=S)Nc1cc(/C=C/C(=O)NO)ccc1OCCN(CC)CC. The van der Waals surface area contributed by atoms with E-state index in [2.05, 4.69) is 36.3 Å². The average Bonchev–Trinajstić information content (AvgIpc) is 2.73. The zero-order valence-corrected chi connectivity index (χ0v) is 18.5. The molecule has 0 aliphatic carbocycles. The molecule has 29 heavy (non-hydrogen) atoms. The van der Waals surface area contributed by atoms with Crippen LogP contribution in [-0.2, 0) is 4.79 Å². The largest absolute Gasteiger partial charge is 0.490 e. The number of likely N-dealkylation sites (N-methyl/N-ethyl adjacent to an activating group) is 1. The molecule has 4 N–H and O–H groups in total. The van der Waals surface area contributed by atoms with Crippen molar-refractivity contribution in [2.75, 3.05) is 38.1 Å². The molecule has 162 valence electrons. The average molecular weight is 423 g/mol. The lowest BCUT2D eigenvalue weighted by Crippen LogP contribution is -2.30. The molecule has 0 aliphatic rings. The molecule has 0 atom stereocenters. The number of hydrogen-bond acceptors (Lipinski definition) is 5. The number of rotatable bonds is 13. The molecule has 0 aliphatic heterocycles. The molecule has 1 rings (SSSR count). The van der Waals surface area contributed by atoms with Crippen molar-refractivity contribution >= 4 is 35.0 Å². The third-order valence-electron chi connectivity index (χ3n) is 4.41. The summed E-state index contributed by atoms with van der Waals surface area (Å²) in [6.45, 7) is 10.6. The Morgan fingerprint density at radius 3 is 2.66 bits per heavy atom. The van der Waals surface area contributed by atoms with Crippen LogP contribution in [0.5, 0.6) is 5.75 Å². The fraction of sp³-hybridized carbons (Fsp3) is 0.524. The minimum absolute atomic E-state index is 0.531. The normalized spacial score (nSPS) is 10.9. The summed E-state index contributed by atoms with van der Waals surface area (Å²) in [6, 6.07) is 5.55. The van der Waals surface area contributed by atoms with Gasteiger partial charge in [0.1, 0.15) is 12.4 Å². The van der Waals surface area contributed by atoms with E-state index in [4.69, 9.17) is 22.2 Å². The first-order chi connectivity index (χ1) is 14.0. The summed E-state index contributed by atoms with van der Waals surface area (Å²) in [5, 5.41) is 15.6. The maximum atomic E-state index is 11.2. The summed E-state index contributed by atoms with van der Waals surface area (Å²) >= 11 is 5.40. The Hall–Kier alpha value is -2.16. The molecule has 7 nitrogen and oxygen atoms in total. The highest BCUT2D eigenvalue weighted by Gasteiger charge is 2.08. The van der Waals surface area contributed by atoms with Gasteiger partial charge in [-0.05, 0) is 55.5 Å². The lowest BCUT2D eigenvalue weighted by molar-refractivity contribution is -0.124. The number of amides is 1. The predicted molar refractivity (Wildman–Crippen MR) is 122 cm³/mol. The van der Waals surface area contributed by atoms with Crippen LogP contribution in [0, 0.1) is 0 Å². The minimum atomic E-state index is -0.591. The molecule has 0 bridgehead atoms. The van der Waals surface area contributed by atoms with E-state index in [1.165, 1.54) is 6.08 Å². The molecule has 0 radical (unpaired) electrons. The highest BCUT2D eigenvalue weighted by Crippen LogP contribution is 2.26. The van der Waals surface area contributed by atoms with Crippen molar-refractivity contribution in [1.29, 1.82) is 0 Å². The first-order valence-electron chi connectivity index (χ1n) is 10.2. The van der Waals surface area contributed by atoms with Gasteiger partial charge in [0, 0.05) is 19.2 Å². The lowest BCUT2D eigenvalue weighted by Gasteiger charge is -2.20. The maximum absolute atomic E-state index is 11.2. The van der Waals surface area contributed by atoms with Gasteiger partial charge < -0.3 is 20.3 Å². The van der Waals surface area contributed by atoms with Gasteiger partial charge in [-0.25, -0.2) is 5.48 Å². The van der Waals surface area contributed by atoms with Gasteiger partial charge in [-0.3, -0.25) is 10.0 Å². The fourth-order valence-corrected chi connectivity index (χ4v) is 2.86. The second-order valence-corrected chi connectivity index (χ2v) is 6.94. The highest BCUT2D eigenvalue weighted by molar-refractivity contribution is 7.80. The van der Waals surface area contributed by atoms with E-state index in [0.29, 0.717) is 17.5 Å². The fourth-order valence-electron chi connectivity index (χ4n) is 2.65. The van der Waals surface area contributed by atoms with E-state index in [9.17, 15) is 4.79 Å². The van der Waals surface area contributed by atoms with Crippen molar-refractivity contribution in [3.05, 3.63) is 29.8 Å². The Bertz CT molecular complexity index is 663. The molecule has 1 aromatic carbocycles. The molecule has 0 spiro atoms. The summed E-state index contributed by atoms with van der Waals surface area (Å²) in [6.07, 6.45) is 6.23. The molecular formula is C21H34N4O3S. The molecular weight excluding hydrogens is 388 g/mol. The molecule has 0 heterocycles. The Labute approximate surface area is 179 Å². The maximum Gasteiger partial charge on any atom is 0.267 e. The van der Waals surface area contributed by atoms with E-state index in [1.54, 1.807) is 11.6 Å². The Morgan fingerprint density at radius 2 is 2.00 bits per heavy atom. The first kappa shape index (κ1) is 24.9. The van der Waals surface area contributed by atoms with Crippen molar-refractivity contribution in [2.45, 2.75) is 40.0 Å². The molecule has 0 aromatic heterocycles. The first-order valence-corrected chi connectivity index (χ1v) is 10.6. The van der Waals surface area contributed by atoms with Crippen LogP contribution >= 0.6 is 12.2 Å². The third kappa shape index (κ3) is 10.3. The zero-order valence-electron chi connectivity index (χ0n) is 17.7. The van der Waals surface area contributed by atoms with Gasteiger partial charge in [-0.2, -0.15) is 0 Å². The van der Waals surface area contributed by atoms with Gasteiger partial charge >= 0.3 is 0 Å². The van der Waals surface area contributed by atoms with Crippen molar-refractivity contribution in [2.24, 2.45) is 0 Å². The van der Waals surface area contributed by atoms with Crippen LogP contribution in [0.25, 0.3) is 6.08 Å². The summed E-state index contributed by atoms with van der Waals surface area (Å²) in [7, 11) is 0. The second kappa shape index (κ2) is 14.8. The van der Waals surface area contributed by atoms with Crippen LogP contribution in [0.15, 0.2) is 24.3 Å². The number of ether oxygens (including phenoxy) is 1. The van der Waals surface area contributed by atoms with Gasteiger partial charge in [0.25, 0.3) is 5.91 Å². The number of nitrogens with one attached hydrogen (secondary N) is 3. The second-order valence-electron chi connectivity index (χ2n) is 6.53. The van der Waals surface area contributed by atoms with Crippen molar-refractivity contribution in [1.82, 2.24) is 15.7 Å². The number of carbonyl (C=O) groups excluding carboxylic acids is 1. The molecule has 0 saturated carbocycles. The standard InChI is InChI=1S/C21H34N4O3S/c1-4-7-8-13-22-21(29)23-18-16-17(10-12-20(26)24-27)9-11-19(18)28-15-14-25(5-2)6-3/h9-12,16,27H,4-8,13-15H2,1-3H3,(H,24,26)(H2,22,23,29)/b12-10+. The summed E-state index contributed by atoms with van der Waals surface area (Å²) in [4.78, 5) is 13.5. The van der Waals surface area contributed by atoms with Crippen LogP contribution in [0.2, 0.25) is 0 Å². The van der Waals surface area contributed by atoms with Gasteiger partial charge in [-0.15, -0.1) is 0 Å². The minimum Gasteiger partial charge on any atom is -0.490 e. The van der Waals surface area contributed by atoms with Crippen molar-refractivity contribution in [3.63, 3.8) is 0 Å². The van der Waals surface area contributed by atoms with Crippen LogP contribution in [0.4, 0.5) is 5.69 Å². The Kier molecular flexibility index (Phi) is 12.7. The number of hydroxylamine groups is 1. The third-order valence-corrected chi connectivity index (χ3v) is 4.66. The number of thiocarbonyl (C=S) groups is 1. The molecule has 0 fully saturated rings. The van der Waals surface area contributed by atoms with Crippen LogP contribution in [0.3, 0.4) is 0 Å². The Balaban J connectivity index is 2.84. The number of carbonyl (C=O) groups is 1. The Morgan fingerprint density at radius 1 is 1.24 bits per heavy atom. The quantitative estimate of drug-likeness (QED) is 0.127. The summed E-state index contributed by atoms with van der Waals surface area (Å²) < 4.78 is 5.98. The van der Waals surface area contributed by atoms with Crippen LogP contribution in [-0.4, -0.2) is 53.9 Å². The van der Waals surface area contributed by atoms with Gasteiger partial charge in [-0.1, -0.05) is 39.7 Å². The lowest BCUT2D eigenvalue weighted by atomic mass is 10.1. The molecule has 1 amide bonds. The predicted octanol–water partition coefficient (Wildman–Crippen LogP) is 3.40. The summed E-state index contributed by atoms with van der Waals surface area (Å²) in [5.74, 6) is 0.103. The summed E-state index contributed by atoms with van der Waals surface area (Å²) in [5.41, 5.74) is 3.08. The highest BCUT2D eigenvalue weighted by atomic mass is 32.1. The smallest absolute Gasteiger partial charge is 0.267 e. The van der Waals surface area contributed by atoms with E-state index in [1.807, 2.05) is 18.2 Å². The molecule has 0 unspecified atom stereocenters. The van der Waals surface area contributed by atoms with Crippen LogP contribution < -0.4 is 20.9 Å². The molecule has 8 heteroatoms. The van der Waals surface area contributed by atoms with Gasteiger partial charge in [0.15, 0.2) is 5.11 Å².